The zero-order chi connectivity index (χ0) is 16.9. The molecule has 1 aromatic heterocycles. The summed E-state index contributed by atoms with van der Waals surface area (Å²) in [7, 11) is 1.60. The van der Waals surface area contributed by atoms with Gasteiger partial charge < -0.3 is 14.8 Å². The molecule has 8 nitrogen and oxygen atoms in total. The highest BCUT2D eigenvalue weighted by Gasteiger charge is 2.28. The summed E-state index contributed by atoms with van der Waals surface area (Å²) >= 11 is 0. The lowest BCUT2D eigenvalue weighted by Crippen LogP contribution is -2.26. The molecule has 1 heterocycles. The van der Waals surface area contributed by atoms with Crippen LogP contribution >= 0.6 is 0 Å². The van der Waals surface area contributed by atoms with Crippen molar-refractivity contribution < 1.29 is 14.3 Å². The highest BCUT2D eigenvalue weighted by Crippen LogP contribution is 2.33. The summed E-state index contributed by atoms with van der Waals surface area (Å²) in [4.78, 5) is 24.0. The van der Waals surface area contributed by atoms with Crippen LogP contribution in [0.4, 0.5) is 0 Å². The van der Waals surface area contributed by atoms with Crippen LogP contribution in [0.1, 0.15) is 35.1 Å². The van der Waals surface area contributed by atoms with Crippen LogP contribution in [0.5, 0.6) is 5.75 Å². The van der Waals surface area contributed by atoms with Gasteiger partial charge in [0.25, 0.3) is 5.91 Å². The van der Waals surface area contributed by atoms with Crippen LogP contribution in [0.2, 0.25) is 0 Å². The van der Waals surface area contributed by atoms with Crippen molar-refractivity contribution in [3.63, 3.8) is 0 Å². The summed E-state index contributed by atoms with van der Waals surface area (Å²) < 4.78 is 12.0. The maximum absolute atomic E-state index is 12.3. The van der Waals surface area contributed by atoms with Crippen molar-refractivity contribution in [3.8, 4) is 5.75 Å². The number of carbonyl (C=O) groups excluding carboxylic acids is 1. The number of rotatable bonds is 8. The van der Waals surface area contributed by atoms with E-state index in [0.29, 0.717) is 30.4 Å². The van der Waals surface area contributed by atoms with Crippen LogP contribution in [-0.2, 0) is 11.3 Å². The van der Waals surface area contributed by atoms with Crippen LogP contribution in [-0.4, -0.2) is 41.0 Å². The number of benzene rings is 1. The van der Waals surface area contributed by atoms with Crippen LogP contribution in [0.25, 0.3) is 0 Å². The second kappa shape index (κ2) is 7.31. The maximum atomic E-state index is 12.3. The summed E-state index contributed by atoms with van der Waals surface area (Å²) in [5, 5.41) is 9.20. The van der Waals surface area contributed by atoms with Gasteiger partial charge in [0.1, 0.15) is 12.4 Å². The Morgan fingerprint density at radius 3 is 3.00 bits per heavy atom. The van der Waals surface area contributed by atoms with E-state index in [1.807, 2.05) is 0 Å². The van der Waals surface area contributed by atoms with Gasteiger partial charge in [0.2, 0.25) is 0 Å². The molecule has 2 N–H and O–H groups in total. The number of hydrogen-bond donors (Lipinski definition) is 2. The Bertz CT molecular complexity index is 763. The maximum Gasteiger partial charge on any atom is 0.343 e. The molecule has 1 amide bonds. The van der Waals surface area contributed by atoms with Gasteiger partial charge in [-0.05, 0) is 31.0 Å². The van der Waals surface area contributed by atoms with Gasteiger partial charge in [-0.25, -0.2) is 9.89 Å². The number of nitrogens with zero attached hydrogens (tertiary/aromatic N) is 2. The van der Waals surface area contributed by atoms with Crippen molar-refractivity contribution >= 4 is 5.91 Å². The van der Waals surface area contributed by atoms with Gasteiger partial charge in [-0.2, -0.15) is 5.10 Å². The zero-order valence-corrected chi connectivity index (χ0v) is 13.4. The number of nitrogens with one attached hydrogen (secondary N) is 2. The molecule has 1 fully saturated rings. The third-order valence-electron chi connectivity index (χ3n) is 3.75. The first-order valence-electron chi connectivity index (χ1n) is 7.85. The molecule has 0 unspecified atom stereocenters. The monoisotopic (exact) mass is 332 g/mol. The fourth-order valence-electron chi connectivity index (χ4n) is 2.40. The molecule has 0 aliphatic heterocycles. The van der Waals surface area contributed by atoms with Crippen molar-refractivity contribution in [2.24, 2.45) is 0 Å². The molecule has 0 saturated heterocycles. The molecule has 1 saturated carbocycles. The standard InChI is InChI=1S/C16H20N4O4/c1-23-7-8-24-13-4-2-3-11(9-13)15(21)17-10-14-18-19-16(22)20(14)12-5-6-12/h2-4,9,12H,5-8,10H2,1H3,(H,17,21)(H,19,22). The van der Waals surface area contributed by atoms with Crippen molar-refractivity contribution in [3.05, 3.63) is 46.1 Å². The number of aromatic amines is 1. The molecule has 1 aliphatic carbocycles. The van der Waals surface area contributed by atoms with E-state index in [9.17, 15) is 9.59 Å². The van der Waals surface area contributed by atoms with Crippen LogP contribution in [0, 0.1) is 0 Å². The zero-order valence-electron chi connectivity index (χ0n) is 13.4. The van der Waals surface area contributed by atoms with Gasteiger partial charge in [0, 0.05) is 18.7 Å². The molecular weight excluding hydrogens is 312 g/mol. The predicted octanol–water partition coefficient (Wildman–Crippen LogP) is 0.861. The highest BCUT2D eigenvalue weighted by molar-refractivity contribution is 5.94. The quantitative estimate of drug-likeness (QED) is 0.699. The van der Waals surface area contributed by atoms with Gasteiger partial charge in [0.15, 0.2) is 5.82 Å². The first kappa shape index (κ1) is 16.3. The van der Waals surface area contributed by atoms with Gasteiger partial charge >= 0.3 is 5.69 Å². The van der Waals surface area contributed by atoms with E-state index >= 15 is 0 Å². The fraction of sp³-hybridized carbons (Fsp3) is 0.438. The number of ether oxygens (including phenoxy) is 2. The number of methoxy groups -OCH3 is 1. The number of carbonyl (C=O) groups is 1. The smallest absolute Gasteiger partial charge is 0.343 e. The minimum atomic E-state index is -0.245. The molecule has 128 valence electrons. The largest absolute Gasteiger partial charge is 0.491 e. The minimum Gasteiger partial charge on any atom is -0.491 e. The summed E-state index contributed by atoms with van der Waals surface area (Å²) in [6.07, 6.45) is 1.95. The summed E-state index contributed by atoms with van der Waals surface area (Å²) in [6.45, 7) is 1.10. The van der Waals surface area contributed by atoms with Crippen LogP contribution in [0.15, 0.2) is 29.1 Å². The van der Waals surface area contributed by atoms with Crippen molar-refractivity contribution in [1.82, 2.24) is 20.1 Å². The molecule has 0 atom stereocenters. The third kappa shape index (κ3) is 3.83. The third-order valence-corrected chi connectivity index (χ3v) is 3.75. The fourth-order valence-corrected chi connectivity index (χ4v) is 2.40. The minimum absolute atomic E-state index is 0.197. The van der Waals surface area contributed by atoms with Gasteiger partial charge in [-0.1, -0.05) is 6.07 Å². The average Bonchev–Trinajstić information content (AvgIpc) is 3.36. The Morgan fingerprint density at radius 2 is 2.25 bits per heavy atom. The molecule has 0 bridgehead atoms. The number of H-pyrrole nitrogens is 1. The predicted molar refractivity (Wildman–Crippen MR) is 86.1 cm³/mol. The lowest BCUT2D eigenvalue weighted by atomic mass is 10.2. The molecule has 0 radical (unpaired) electrons. The van der Waals surface area contributed by atoms with Crippen LogP contribution in [0.3, 0.4) is 0 Å². The molecule has 3 rings (SSSR count). The SMILES string of the molecule is COCCOc1cccc(C(=O)NCc2n[nH]c(=O)n2C2CC2)c1. The Kier molecular flexibility index (Phi) is 4.95. The molecule has 0 spiro atoms. The van der Waals surface area contributed by atoms with Gasteiger partial charge in [-0.15, -0.1) is 0 Å². The number of amides is 1. The van der Waals surface area contributed by atoms with E-state index in [1.165, 1.54) is 0 Å². The topological polar surface area (TPSA) is 98.2 Å². The molecule has 8 heteroatoms. The Labute approximate surface area is 138 Å². The number of aromatic nitrogens is 3. The first-order valence-corrected chi connectivity index (χ1v) is 7.85. The normalized spacial score (nSPS) is 13.7. The van der Waals surface area contributed by atoms with E-state index < -0.39 is 0 Å². The average molecular weight is 332 g/mol. The molecule has 1 aliphatic rings. The second-order valence-electron chi connectivity index (χ2n) is 5.60. The first-order chi connectivity index (χ1) is 11.7. The molecular formula is C16H20N4O4. The van der Waals surface area contributed by atoms with E-state index in [0.717, 1.165) is 12.8 Å². The Morgan fingerprint density at radius 1 is 1.42 bits per heavy atom. The number of hydrogen-bond acceptors (Lipinski definition) is 5. The lowest BCUT2D eigenvalue weighted by molar-refractivity contribution is 0.0948. The summed E-state index contributed by atoms with van der Waals surface area (Å²) in [5.41, 5.74) is 0.260. The van der Waals surface area contributed by atoms with E-state index in [1.54, 1.807) is 35.9 Å². The van der Waals surface area contributed by atoms with Gasteiger partial charge in [0.05, 0.1) is 13.2 Å². The van der Waals surface area contributed by atoms with Crippen molar-refractivity contribution in [2.75, 3.05) is 20.3 Å². The van der Waals surface area contributed by atoms with E-state index in [4.69, 9.17) is 9.47 Å². The molecule has 24 heavy (non-hydrogen) atoms. The Hall–Kier alpha value is -2.61. The van der Waals surface area contributed by atoms with Gasteiger partial charge in [-0.3, -0.25) is 9.36 Å². The second-order valence-corrected chi connectivity index (χ2v) is 5.60. The van der Waals surface area contributed by atoms with Crippen molar-refractivity contribution in [2.45, 2.75) is 25.4 Å². The summed E-state index contributed by atoms with van der Waals surface area (Å²) in [6, 6.07) is 7.12. The van der Waals surface area contributed by atoms with E-state index in [2.05, 4.69) is 15.5 Å². The molecule has 2 aromatic rings. The lowest BCUT2D eigenvalue weighted by Gasteiger charge is -2.09. The van der Waals surface area contributed by atoms with E-state index in [-0.39, 0.29) is 24.2 Å². The van der Waals surface area contributed by atoms with Crippen molar-refractivity contribution in [1.29, 1.82) is 0 Å². The summed E-state index contributed by atoms with van der Waals surface area (Å²) in [5.74, 6) is 0.905. The Balaban J connectivity index is 1.61. The highest BCUT2D eigenvalue weighted by atomic mass is 16.5. The molecule has 1 aromatic carbocycles. The van der Waals surface area contributed by atoms with Crippen LogP contribution < -0.4 is 15.7 Å².